The van der Waals surface area contributed by atoms with Crippen LogP contribution in [0.2, 0.25) is 5.02 Å². The molecule has 12 heteroatoms. The maximum absolute atomic E-state index is 13.1. The molecule has 0 bridgehead atoms. The zero-order valence-electron chi connectivity index (χ0n) is 17.8. The number of ether oxygens (including phenoxy) is 1. The normalized spacial score (nSPS) is 12.5. The molecule has 3 aromatic rings. The Hall–Kier alpha value is -2.57. The van der Waals surface area contributed by atoms with Crippen LogP contribution in [-0.4, -0.2) is 47.8 Å². The van der Waals surface area contributed by atoms with Crippen LogP contribution in [-0.2, 0) is 20.6 Å². The standard InChI is InChI=1S/C21H22ClN3O6S2/c1-14-11-16(24-31-14)12-32-13-20(21(26)23-27)25(2)33(28,29)19-9-7-18(8-10-19)30-17-5-3-15(22)4-6-17/h3-11,20,27H,12-13H2,1-2H3,(H,23,26). The van der Waals surface area contributed by atoms with E-state index in [4.69, 9.17) is 26.1 Å². The van der Waals surface area contributed by atoms with E-state index < -0.39 is 22.0 Å². The van der Waals surface area contributed by atoms with Gasteiger partial charge < -0.3 is 9.26 Å². The maximum Gasteiger partial charge on any atom is 0.262 e. The SMILES string of the molecule is Cc1cc(CSCC(C(=O)NO)N(C)S(=O)(=O)c2ccc(Oc3ccc(Cl)cc3)cc2)no1. The minimum Gasteiger partial charge on any atom is -0.457 e. The van der Waals surface area contributed by atoms with E-state index in [2.05, 4.69) is 5.16 Å². The van der Waals surface area contributed by atoms with Gasteiger partial charge >= 0.3 is 0 Å². The molecule has 1 aromatic heterocycles. The highest BCUT2D eigenvalue weighted by Gasteiger charge is 2.33. The minimum absolute atomic E-state index is 0.0266. The number of nitrogens with one attached hydrogen (secondary N) is 1. The highest BCUT2D eigenvalue weighted by Crippen LogP contribution is 2.26. The summed E-state index contributed by atoms with van der Waals surface area (Å²) < 4.78 is 37.8. The van der Waals surface area contributed by atoms with Gasteiger partial charge in [-0.15, -0.1) is 0 Å². The zero-order valence-corrected chi connectivity index (χ0v) is 20.2. The van der Waals surface area contributed by atoms with E-state index in [0.717, 1.165) is 4.31 Å². The van der Waals surface area contributed by atoms with Gasteiger partial charge in [0.15, 0.2) is 0 Å². The van der Waals surface area contributed by atoms with Gasteiger partial charge in [-0.3, -0.25) is 10.0 Å². The van der Waals surface area contributed by atoms with Gasteiger partial charge in [0.2, 0.25) is 10.0 Å². The van der Waals surface area contributed by atoms with Crippen molar-refractivity contribution < 1.29 is 27.7 Å². The molecule has 0 saturated carbocycles. The van der Waals surface area contributed by atoms with Crippen LogP contribution in [0.3, 0.4) is 0 Å². The summed E-state index contributed by atoms with van der Waals surface area (Å²) in [5, 5.41) is 13.6. The lowest BCUT2D eigenvalue weighted by Gasteiger charge is -2.25. The molecule has 33 heavy (non-hydrogen) atoms. The summed E-state index contributed by atoms with van der Waals surface area (Å²) >= 11 is 7.14. The number of aryl methyl sites for hydroxylation is 1. The predicted octanol–water partition coefficient (Wildman–Crippen LogP) is 3.86. The number of benzene rings is 2. The van der Waals surface area contributed by atoms with E-state index in [1.54, 1.807) is 42.7 Å². The summed E-state index contributed by atoms with van der Waals surface area (Å²) in [6.45, 7) is 1.76. The van der Waals surface area contributed by atoms with Crippen molar-refractivity contribution in [2.75, 3.05) is 12.8 Å². The molecule has 1 amide bonds. The van der Waals surface area contributed by atoms with Gasteiger partial charge in [-0.25, -0.2) is 13.9 Å². The van der Waals surface area contributed by atoms with Gasteiger partial charge in [0.1, 0.15) is 23.3 Å². The summed E-state index contributed by atoms with van der Waals surface area (Å²) in [5.41, 5.74) is 2.21. The molecule has 9 nitrogen and oxygen atoms in total. The number of rotatable bonds is 10. The van der Waals surface area contributed by atoms with Crippen molar-refractivity contribution in [3.05, 3.63) is 71.1 Å². The smallest absolute Gasteiger partial charge is 0.262 e. The first-order valence-electron chi connectivity index (χ1n) is 9.66. The quantitative estimate of drug-likeness (QED) is 0.311. The molecule has 1 unspecified atom stereocenters. The molecule has 0 spiro atoms. The number of nitrogens with zero attached hydrogens (tertiary/aromatic N) is 2. The molecule has 0 fully saturated rings. The summed E-state index contributed by atoms with van der Waals surface area (Å²) in [7, 11) is -2.75. The van der Waals surface area contributed by atoms with Crippen LogP contribution in [0.5, 0.6) is 11.5 Å². The number of hydroxylamine groups is 1. The molecular formula is C21H22ClN3O6S2. The van der Waals surface area contributed by atoms with Crippen molar-refractivity contribution in [2.45, 2.75) is 23.6 Å². The molecule has 1 atom stereocenters. The Morgan fingerprint density at radius 3 is 2.36 bits per heavy atom. The number of aromatic nitrogens is 1. The molecule has 0 aliphatic carbocycles. The van der Waals surface area contributed by atoms with Crippen LogP contribution in [0, 0.1) is 6.92 Å². The number of likely N-dealkylation sites (N-methyl/N-ethyl adjacent to an activating group) is 1. The van der Waals surface area contributed by atoms with Gasteiger partial charge in [-0.05, 0) is 55.5 Å². The van der Waals surface area contributed by atoms with Gasteiger partial charge in [0.05, 0.1) is 10.6 Å². The third-order valence-electron chi connectivity index (χ3n) is 4.60. The molecule has 0 radical (unpaired) electrons. The van der Waals surface area contributed by atoms with Gasteiger partial charge in [0.25, 0.3) is 5.91 Å². The number of hydrogen-bond acceptors (Lipinski definition) is 8. The largest absolute Gasteiger partial charge is 0.457 e. The Labute approximate surface area is 200 Å². The topological polar surface area (TPSA) is 122 Å². The van der Waals surface area contributed by atoms with Crippen molar-refractivity contribution >= 4 is 39.3 Å². The summed E-state index contributed by atoms with van der Waals surface area (Å²) in [6, 6.07) is 13.1. The number of sulfonamides is 1. The van der Waals surface area contributed by atoms with Crippen LogP contribution in [0.1, 0.15) is 11.5 Å². The van der Waals surface area contributed by atoms with Crippen LogP contribution in [0.15, 0.2) is 64.0 Å². The Kier molecular flexibility index (Phi) is 8.38. The molecule has 0 aliphatic heterocycles. The van der Waals surface area contributed by atoms with Crippen molar-refractivity contribution in [1.82, 2.24) is 14.9 Å². The average molecular weight is 512 g/mol. The van der Waals surface area contributed by atoms with E-state index in [1.807, 2.05) is 0 Å². The number of carbonyl (C=O) groups is 1. The number of carbonyl (C=O) groups excluding carboxylic acids is 1. The maximum atomic E-state index is 13.1. The number of halogens is 1. The lowest BCUT2D eigenvalue weighted by atomic mass is 10.3. The minimum atomic E-state index is -4.04. The monoisotopic (exact) mass is 511 g/mol. The summed E-state index contributed by atoms with van der Waals surface area (Å²) in [6.07, 6.45) is 0. The van der Waals surface area contributed by atoms with Crippen molar-refractivity contribution in [2.24, 2.45) is 0 Å². The Bertz CT molecular complexity index is 1180. The average Bonchev–Trinajstić information content (AvgIpc) is 3.22. The van der Waals surface area contributed by atoms with Crippen molar-refractivity contribution in [3.63, 3.8) is 0 Å². The van der Waals surface area contributed by atoms with Gasteiger partial charge in [-0.2, -0.15) is 16.1 Å². The van der Waals surface area contributed by atoms with E-state index in [1.165, 1.54) is 43.1 Å². The summed E-state index contributed by atoms with van der Waals surface area (Å²) in [4.78, 5) is 12.2. The zero-order chi connectivity index (χ0) is 24.0. The predicted molar refractivity (Wildman–Crippen MR) is 124 cm³/mol. The number of thioether (sulfide) groups is 1. The molecule has 0 saturated heterocycles. The summed E-state index contributed by atoms with van der Waals surface area (Å²) in [5.74, 6) is 1.29. The molecule has 0 aliphatic rings. The van der Waals surface area contributed by atoms with Crippen LogP contribution < -0.4 is 10.2 Å². The van der Waals surface area contributed by atoms with E-state index in [0.29, 0.717) is 33.7 Å². The van der Waals surface area contributed by atoms with E-state index in [9.17, 15) is 13.2 Å². The first kappa shape index (κ1) is 25.1. The fraction of sp³-hybridized carbons (Fsp3) is 0.238. The Morgan fingerprint density at radius 1 is 1.21 bits per heavy atom. The molecule has 2 N–H and O–H groups in total. The number of amides is 1. The molecular weight excluding hydrogens is 490 g/mol. The lowest BCUT2D eigenvalue weighted by Crippen LogP contribution is -2.48. The van der Waals surface area contributed by atoms with Crippen LogP contribution in [0.4, 0.5) is 0 Å². The fourth-order valence-electron chi connectivity index (χ4n) is 2.83. The first-order valence-corrected chi connectivity index (χ1v) is 12.6. The first-order chi connectivity index (χ1) is 15.7. The third-order valence-corrected chi connectivity index (χ3v) is 7.79. The molecule has 2 aromatic carbocycles. The van der Waals surface area contributed by atoms with E-state index in [-0.39, 0.29) is 10.6 Å². The Morgan fingerprint density at radius 2 is 1.82 bits per heavy atom. The van der Waals surface area contributed by atoms with Crippen molar-refractivity contribution in [3.8, 4) is 11.5 Å². The Balaban J connectivity index is 1.70. The van der Waals surface area contributed by atoms with E-state index >= 15 is 0 Å². The second-order valence-electron chi connectivity index (χ2n) is 6.98. The second kappa shape index (κ2) is 11.0. The fourth-order valence-corrected chi connectivity index (χ4v) is 5.43. The molecule has 3 rings (SSSR count). The van der Waals surface area contributed by atoms with Crippen LogP contribution >= 0.6 is 23.4 Å². The number of hydrogen-bond donors (Lipinski definition) is 2. The lowest BCUT2D eigenvalue weighted by molar-refractivity contribution is -0.132. The highest BCUT2D eigenvalue weighted by atomic mass is 35.5. The van der Waals surface area contributed by atoms with Gasteiger partial charge in [-0.1, -0.05) is 16.8 Å². The second-order valence-corrected chi connectivity index (χ2v) is 10.4. The van der Waals surface area contributed by atoms with Crippen molar-refractivity contribution in [1.29, 1.82) is 0 Å². The third kappa shape index (κ3) is 6.49. The van der Waals surface area contributed by atoms with Crippen LogP contribution in [0.25, 0.3) is 0 Å². The van der Waals surface area contributed by atoms with Gasteiger partial charge in [0, 0.05) is 29.6 Å². The molecule has 1 heterocycles. The molecule has 176 valence electrons. The highest BCUT2D eigenvalue weighted by molar-refractivity contribution is 7.98.